The Hall–Kier alpha value is -3.18. The normalized spacial score (nSPS) is 14.2. The van der Waals surface area contributed by atoms with E-state index in [1.807, 2.05) is 30.3 Å². The number of carbonyl (C=O) groups excluding carboxylic acids is 1. The number of aliphatic imine (C=N–C) groups is 1. The van der Waals surface area contributed by atoms with Crippen LogP contribution in [0.3, 0.4) is 0 Å². The minimum absolute atomic E-state index is 0.0729. The van der Waals surface area contributed by atoms with Crippen LogP contribution in [0.15, 0.2) is 76.0 Å². The van der Waals surface area contributed by atoms with E-state index in [9.17, 15) is 13.2 Å². The molecule has 9 nitrogen and oxygen atoms in total. The summed E-state index contributed by atoms with van der Waals surface area (Å²) in [5.74, 6) is 0.302. The number of thioether (sulfide) groups is 1. The van der Waals surface area contributed by atoms with E-state index in [0.29, 0.717) is 29.6 Å². The number of nitrogens with one attached hydrogen (secondary N) is 2. The predicted octanol–water partition coefficient (Wildman–Crippen LogP) is 3.25. The lowest BCUT2D eigenvalue weighted by atomic mass is 10.2. The second-order valence-corrected chi connectivity index (χ2v) is 10.1. The van der Waals surface area contributed by atoms with Crippen molar-refractivity contribution in [1.29, 1.82) is 0 Å². The Bertz CT molecular complexity index is 1240. The van der Waals surface area contributed by atoms with Crippen LogP contribution in [-0.2, 0) is 14.8 Å². The third-order valence-corrected chi connectivity index (χ3v) is 7.26. The molecule has 1 aliphatic heterocycles. The second kappa shape index (κ2) is 10.6. The molecule has 2 heterocycles. The zero-order valence-electron chi connectivity index (χ0n) is 17.8. The van der Waals surface area contributed by atoms with Crippen molar-refractivity contribution in [2.45, 2.75) is 35.7 Å². The molecule has 0 radical (unpaired) electrons. The summed E-state index contributed by atoms with van der Waals surface area (Å²) in [7, 11) is -3.78. The van der Waals surface area contributed by atoms with Gasteiger partial charge in [0.2, 0.25) is 5.91 Å². The van der Waals surface area contributed by atoms with Gasteiger partial charge in [-0.3, -0.25) is 19.1 Å². The SMILES string of the molecule is O=C(CSc1nncn1-c1ccccc1)Nc1cccc(S(=O)(=O)NC2=NCCCCC2)c1. The van der Waals surface area contributed by atoms with Crippen molar-refractivity contribution in [2.75, 3.05) is 17.6 Å². The molecule has 11 heteroatoms. The van der Waals surface area contributed by atoms with Gasteiger partial charge in [-0.2, -0.15) is 0 Å². The van der Waals surface area contributed by atoms with Crippen molar-refractivity contribution in [1.82, 2.24) is 19.5 Å². The number of aromatic nitrogens is 3. The average molecular weight is 485 g/mol. The molecule has 0 saturated heterocycles. The number of anilines is 1. The number of hydrogen-bond acceptors (Lipinski definition) is 7. The van der Waals surface area contributed by atoms with Gasteiger partial charge in [0.25, 0.3) is 10.0 Å². The first-order chi connectivity index (χ1) is 16.0. The number of para-hydroxylation sites is 1. The van der Waals surface area contributed by atoms with Gasteiger partial charge < -0.3 is 5.32 Å². The van der Waals surface area contributed by atoms with Gasteiger partial charge in [0.15, 0.2) is 5.16 Å². The molecule has 4 rings (SSSR count). The molecule has 0 aliphatic carbocycles. The van der Waals surface area contributed by atoms with Gasteiger partial charge in [-0.1, -0.05) is 42.4 Å². The molecular formula is C22H24N6O3S2. The van der Waals surface area contributed by atoms with Crippen molar-refractivity contribution >= 4 is 39.2 Å². The molecule has 172 valence electrons. The summed E-state index contributed by atoms with van der Waals surface area (Å²) in [6.45, 7) is 0.629. The Morgan fingerprint density at radius 3 is 2.76 bits per heavy atom. The van der Waals surface area contributed by atoms with Crippen molar-refractivity contribution in [2.24, 2.45) is 4.99 Å². The van der Waals surface area contributed by atoms with Crippen LogP contribution in [0, 0.1) is 0 Å². The van der Waals surface area contributed by atoms with E-state index >= 15 is 0 Å². The molecule has 0 unspecified atom stereocenters. The highest BCUT2D eigenvalue weighted by molar-refractivity contribution is 7.99. The van der Waals surface area contributed by atoms with Crippen LogP contribution in [0.2, 0.25) is 0 Å². The van der Waals surface area contributed by atoms with Crippen LogP contribution in [0.4, 0.5) is 5.69 Å². The van der Waals surface area contributed by atoms with Crippen LogP contribution in [0.25, 0.3) is 5.69 Å². The number of nitrogens with zero attached hydrogens (tertiary/aromatic N) is 4. The van der Waals surface area contributed by atoms with Gasteiger partial charge in [0.1, 0.15) is 12.2 Å². The summed E-state index contributed by atoms with van der Waals surface area (Å²) < 4.78 is 29.9. The van der Waals surface area contributed by atoms with Crippen molar-refractivity contribution in [3.63, 3.8) is 0 Å². The fraction of sp³-hybridized carbons (Fsp3) is 0.273. The third-order valence-electron chi connectivity index (χ3n) is 4.94. The van der Waals surface area contributed by atoms with Gasteiger partial charge in [0.05, 0.1) is 10.6 Å². The average Bonchev–Trinajstić information content (AvgIpc) is 3.15. The zero-order valence-corrected chi connectivity index (χ0v) is 19.5. The molecule has 3 aromatic rings. The van der Waals surface area contributed by atoms with Crippen molar-refractivity contribution in [3.05, 3.63) is 60.9 Å². The minimum atomic E-state index is -3.78. The summed E-state index contributed by atoms with van der Waals surface area (Å²) in [5, 5.41) is 11.3. The van der Waals surface area contributed by atoms with E-state index in [1.165, 1.54) is 23.9 Å². The Balaban J connectivity index is 1.38. The number of hydrogen-bond donors (Lipinski definition) is 2. The highest BCUT2D eigenvalue weighted by Crippen LogP contribution is 2.21. The van der Waals surface area contributed by atoms with Gasteiger partial charge in [0, 0.05) is 24.3 Å². The highest BCUT2D eigenvalue weighted by Gasteiger charge is 2.18. The van der Waals surface area contributed by atoms with E-state index in [1.54, 1.807) is 23.0 Å². The maximum atomic E-state index is 12.8. The summed E-state index contributed by atoms with van der Waals surface area (Å²) in [6, 6.07) is 15.8. The second-order valence-electron chi connectivity index (χ2n) is 7.43. The third kappa shape index (κ3) is 6.20. The van der Waals surface area contributed by atoms with Gasteiger partial charge >= 0.3 is 0 Å². The maximum absolute atomic E-state index is 12.8. The van der Waals surface area contributed by atoms with Gasteiger partial charge in [-0.25, -0.2) is 8.42 Å². The van der Waals surface area contributed by atoms with Crippen LogP contribution in [0.1, 0.15) is 25.7 Å². The predicted molar refractivity (Wildman–Crippen MR) is 128 cm³/mol. The van der Waals surface area contributed by atoms with E-state index in [0.717, 1.165) is 24.9 Å². The summed E-state index contributed by atoms with van der Waals surface area (Å²) in [6.07, 6.45) is 5.12. The molecule has 33 heavy (non-hydrogen) atoms. The first kappa shape index (κ1) is 23.0. The van der Waals surface area contributed by atoms with Crippen LogP contribution in [0.5, 0.6) is 0 Å². The lowest BCUT2D eigenvalue weighted by molar-refractivity contribution is -0.113. The molecule has 2 aromatic carbocycles. The topological polar surface area (TPSA) is 118 Å². The largest absolute Gasteiger partial charge is 0.325 e. The van der Waals surface area contributed by atoms with Crippen LogP contribution in [-0.4, -0.2) is 47.2 Å². The number of amidine groups is 1. The van der Waals surface area contributed by atoms with Gasteiger partial charge in [-0.05, 0) is 43.2 Å². The molecule has 1 amide bonds. The summed E-state index contributed by atoms with van der Waals surface area (Å²) in [4.78, 5) is 16.9. The fourth-order valence-electron chi connectivity index (χ4n) is 3.33. The number of carbonyl (C=O) groups is 1. The van der Waals surface area contributed by atoms with Crippen molar-refractivity contribution < 1.29 is 13.2 Å². The molecule has 2 N–H and O–H groups in total. The van der Waals surface area contributed by atoms with Crippen LogP contribution >= 0.6 is 11.8 Å². The molecule has 0 atom stereocenters. The Morgan fingerprint density at radius 1 is 1.06 bits per heavy atom. The lowest BCUT2D eigenvalue weighted by Crippen LogP contribution is -2.30. The van der Waals surface area contributed by atoms with Crippen molar-refractivity contribution in [3.8, 4) is 5.69 Å². The molecule has 0 spiro atoms. The maximum Gasteiger partial charge on any atom is 0.262 e. The van der Waals surface area contributed by atoms with Crippen LogP contribution < -0.4 is 10.0 Å². The standard InChI is InChI=1S/C22H24N6O3S2/c29-21(15-32-22-26-24-16-28(22)18-9-3-1-4-10-18)25-17-8-7-11-19(14-17)33(30,31)27-20-12-5-2-6-13-23-20/h1,3-4,7-11,14,16H,2,5-6,12-13,15H2,(H,23,27)(H,25,29). The number of benzene rings is 2. The minimum Gasteiger partial charge on any atom is -0.325 e. The Kier molecular flexibility index (Phi) is 7.40. The summed E-state index contributed by atoms with van der Waals surface area (Å²) in [5.41, 5.74) is 1.30. The first-order valence-corrected chi connectivity index (χ1v) is 13.0. The molecule has 1 aliphatic rings. The lowest BCUT2D eigenvalue weighted by Gasteiger charge is -2.11. The molecule has 0 fully saturated rings. The Morgan fingerprint density at radius 2 is 1.91 bits per heavy atom. The number of amides is 1. The summed E-state index contributed by atoms with van der Waals surface area (Å²) >= 11 is 1.24. The molecule has 0 saturated carbocycles. The van der Waals surface area contributed by atoms with E-state index in [-0.39, 0.29) is 16.6 Å². The van der Waals surface area contributed by atoms with E-state index in [2.05, 4.69) is 25.2 Å². The first-order valence-electron chi connectivity index (χ1n) is 10.6. The molecular weight excluding hydrogens is 460 g/mol. The van der Waals surface area contributed by atoms with E-state index in [4.69, 9.17) is 0 Å². The number of sulfonamides is 1. The number of rotatable bonds is 7. The Labute approximate surface area is 196 Å². The van der Waals surface area contributed by atoms with Gasteiger partial charge in [-0.15, -0.1) is 10.2 Å². The molecule has 0 bridgehead atoms. The van der Waals surface area contributed by atoms with E-state index < -0.39 is 10.0 Å². The monoisotopic (exact) mass is 484 g/mol. The zero-order chi connectivity index (χ0) is 23.1. The molecule has 1 aromatic heterocycles. The fourth-order valence-corrected chi connectivity index (χ4v) is 5.19. The smallest absolute Gasteiger partial charge is 0.262 e. The quantitative estimate of drug-likeness (QED) is 0.497. The highest BCUT2D eigenvalue weighted by atomic mass is 32.2.